The number of hydrogen-bond acceptors (Lipinski definition) is 2. The van der Waals surface area contributed by atoms with Crippen LogP contribution >= 0.6 is 0 Å². The van der Waals surface area contributed by atoms with Gasteiger partial charge in [0.15, 0.2) is 0 Å². The first kappa shape index (κ1) is 14.3. The van der Waals surface area contributed by atoms with Crippen LogP contribution < -0.4 is 4.74 Å². The molecule has 0 aliphatic heterocycles. The van der Waals surface area contributed by atoms with Crippen LogP contribution in [0.3, 0.4) is 0 Å². The van der Waals surface area contributed by atoms with Crippen LogP contribution in [0, 0.1) is 6.92 Å². The number of ether oxygens (including phenoxy) is 1. The molecular formula is C20H19NO. The Bertz CT molecular complexity index is 752. The number of nitrogens with zero attached hydrogens (tertiary/aromatic N) is 1. The van der Waals surface area contributed by atoms with Crippen molar-refractivity contribution in [2.75, 3.05) is 0 Å². The summed E-state index contributed by atoms with van der Waals surface area (Å²) in [5.74, 6) is 0.922. The second kappa shape index (κ2) is 6.44. The van der Waals surface area contributed by atoms with E-state index in [4.69, 9.17) is 4.74 Å². The molecule has 2 heteroatoms. The van der Waals surface area contributed by atoms with Gasteiger partial charge in [-0.05, 0) is 37.6 Å². The summed E-state index contributed by atoms with van der Waals surface area (Å²) in [7, 11) is 0. The molecule has 0 aliphatic rings. The van der Waals surface area contributed by atoms with Crippen molar-refractivity contribution in [3.63, 3.8) is 0 Å². The molecule has 110 valence electrons. The SMILES string of the molecule is Cc1ccccc1OC(C)c1ccccc1-c1ccccn1. The number of hydrogen-bond donors (Lipinski definition) is 0. The van der Waals surface area contributed by atoms with Gasteiger partial charge < -0.3 is 4.74 Å². The number of rotatable bonds is 4. The lowest BCUT2D eigenvalue weighted by molar-refractivity contribution is 0.226. The van der Waals surface area contributed by atoms with Gasteiger partial charge in [-0.1, -0.05) is 48.5 Å². The fourth-order valence-corrected chi connectivity index (χ4v) is 2.55. The lowest BCUT2D eigenvalue weighted by Crippen LogP contribution is -2.06. The summed E-state index contributed by atoms with van der Waals surface area (Å²) in [4.78, 5) is 4.46. The Kier molecular flexibility index (Phi) is 4.19. The first-order valence-electron chi connectivity index (χ1n) is 7.48. The average Bonchev–Trinajstić information content (AvgIpc) is 2.58. The lowest BCUT2D eigenvalue weighted by atomic mass is 10.00. The second-order valence-electron chi connectivity index (χ2n) is 5.33. The maximum absolute atomic E-state index is 6.17. The van der Waals surface area contributed by atoms with Crippen molar-refractivity contribution in [2.45, 2.75) is 20.0 Å². The van der Waals surface area contributed by atoms with Crippen molar-refractivity contribution < 1.29 is 4.74 Å². The van der Waals surface area contributed by atoms with Crippen LogP contribution in [0.2, 0.25) is 0 Å². The number of aromatic nitrogens is 1. The molecule has 0 N–H and O–H groups in total. The topological polar surface area (TPSA) is 22.1 Å². The van der Waals surface area contributed by atoms with Gasteiger partial charge in [0, 0.05) is 17.3 Å². The van der Waals surface area contributed by atoms with Crippen LogP contribution in [-0.2, 0) is 0 Å². The molecule has 3 aromatic rings. The highest BCUT2D eigenvalue weighted by atomic mass is 16.5. The Morgan fingerprint density at radius 2 is 1.59 bits per heavy atom. The molecule has 1 atom stereocenters. The number of benzene rings is 2. The van der Waals surface area contributed by atoms with Crippen LogP contribution in [0.5, 0.6) is 5.75 Å². The third kappa shape index (κ3) is 3.01. The van der Waals surface area contributed by atoms with E-state index in [-0.39, 0.29) is 6.10 Å². The van der Waals surface area contributed by atoms with E-state index in [0.29, 0.717) is 0 Å². The molecule has 0 bridgehead atoms. The minimum absolute atomic E-state index is 0.0423. The van der Waals surface area contributed by atoms with Gasteiger partial charge in [0.2, 0.25) is 0 Å². The Morgan fingerprint density at radius 3 is 2.36 bits per heavy atom. The van der Waals surface area contributed by atoms with Gasteiger partial charge in [0.25, 0.3) is 0 Å². The molecule has 22 heavy (non-hydrogen) atoms. The van der Waals surface area contributed by atoms with Gasteiger partial charge in [0.1, 0.15) is 11.9 Å². The summed E-state index contributed by atoms with van der Waals surface area (Å²) < 4.78 is 6.17. The molecular weight excluding hydrogens is 270 g/mol. The first-order valence-corrected chi connectivity index (χ1v) is 7.48. The van der Waals surface area contributed by atoms with Gasteiger partial charge in [0.05, 0.1) is 5.69 Å². The van der Waals surface area contributed by atoms with Gasteiger partial charge in [-0.3, -0.25) is 4.98 Å². The molecule has 0 fully saturated rings. The maximum atomic E-state index is 6.17. The summed E-state index contributed by atoms with van der Waals surface area (Å²) >= 11 is 0. The molecule has 0 spiro atoms. The fraction of sp³-hybridized carbons (Fsp3) is 0.150. The normalized spacial score (nSPS) is 11.9. The molecule has 0 aliphatic carbocycles. The van der Waals surface area contributed by atoms with E-state index in [1.165, 1.54) is 0 Å². The van der Waals surface area contributed by atoms with Gasteiger partial charge in [-0.2, -0.15) is 0 Å². The smallest absolute Gasteiger partial charge is 0.123 e. The van der Waals surface area contributed by atoms with Crippen molar-refractivity contribution >= 4 is 0 Å². The molecule has 0 radical (unpaired) electrons. The van der Waals surface area contributed by atoms with Crippen molar-refractivity contribution in [3.05, 3.63) is 84.1 Å². The maximum Gasteiger partial charge on any atom is 0.123 e. The summed E-state index contributed by atoms with van der Waals surface area (Å²) in [5, 5.41) is 0. The second-order valence-corrected chi connectivity index (χ2v) is 5.33. The summed E-state index contributed by atoms with van der Waals surface area (Å²) in [6.07, 6.45) is 1.78. The fourth-order valence-electron chi connectivity index (χ4n) is 2.55. The zero-order valence-electron chi connectivity index (χ0n) is 12.9. The van der Waals surface area contributed by atoms with Crippen molar-refractivity contribution in [3.8, 4) is 17.0 Å². The Balaban J connectivity index is 1.94. The predicted octanol–water partition coefficient (Wildman–Crippen LogP) is 5.20. The molecule has 3 rings (SSSR count). The van der Waals surface area contributed by atoms with E-state index in [2.05, 4.69) is 37.0 Å². The molecule has 0 amide bonds. The molecule has 0 saturated heterocycles. The highest BCUT2D eigenvalue weighted by molar-refractivity contribution is 5.64. The average molecular weight is 289 g/mol. The Morgan fingerprint density at radius 1 is 0.864 bits per heavy atom. The van der Waals surface area contributed by atoms with Crippen molar-refractivity contribution in [1.82, 2.24) is 4.98 Å². The standard InChI is InChI=1S/C20H19NO/c1-15-9-3-6-13-20(15)22-16(2)17-10-4-5-11-18(17)19-12-7-8-14-21-19/h3-14,16H,1-2H3. The van der Waals surface area contributed by atoms with Crippen LogP contribution in [-0.4, -0.2) is 4.98 Å². The quantitative estimate of drug-likeness (QED) is 0.659. The van der Waals surface area contributed by atoms with Gasteiger partial charge in [-0.15, -0.1) is 0 Å². The van der Waals surface area contributed by atoms with Gasteiger partial charge >= 0.3 is 0 Å². The number of pyridine rings is 1. The summed E-state index contributed by atoms with van der Waals surface area (Å²) in [6.45, 7) is 4.14. The Hall–Kier alpha value is -2.61. The lowest BCUT2D eigenvalue weighted by Gasteiger charge is -2.19. The van der Waals surface area contributed by atoms with Crippen molar-refractivity contribution in [1.29, 1.82) is 0 Å². The largest absolute Gasteiger partial charge is 0.486 e. The molecule has 1 aromatic heterocycles. The van der Waals surface area contributed by atoms with E-state index >= 15 is 0 Å². The third-order valence-corrected chi connectivity index (χ3v) is 3.74. The number of aryl methyl sites for hydroxylation is 1. The third-order valence-electron chi connectivity index (χ3n) is 3.74. The molecule has 2 aromatic carbocycles. The van der Waals surface area contributed by atoms with Crippen LogP contribution in [0.15, 0.2) is 72.9 Å². The van der Waals surface area contributed by atoms with Crippen LogP contribution in [0.4, 0.5) is 0 Å². The monoisotopic (exact) mass is 289 g/mol. The molecule has 1 heterocycles. The highest BCUT2D eigenvalue weighted by Crippen LogP contribution is 2.30. The molecule has 1 unspecified atom stereocenters. The predicted molar refractivity (Wildman–Crippen MR) is 89.9 cm³/mol. The zero-order chi connectivity index (χ0) is 15.4. The minimum atomic E-state index is -0.0423. The Labute approximate surface area is 131 Å². The van der Waals surface area contributed by atoms with Crippen molar-refractivity contribution in [2.24, 2.45) is 0 Å². The number of para-hydroxylation sites is 1. The van der Waals surface area contributed by atoms with E-state index in [1.54, 1.807) is 0 Å². The molecule has 2 nitrogen and oxygen atoms in total. The zero-order valence-corrected chi connectivity index (χ0v) is 12.9. The van der Waals surface area contributed by atoms with E-state index in [0.717, 1.165) is 28.1 Å². The summed E-state index contributed by atoms with van der Waals surface area (Å²) in [6, 6.07) is 22.3. The van der Waals surface area contributed by atoms with Gasteiger partial charge in [-0.25, -0.2) is 0 Å². The van der Waals surface area contributed by atoms with E-state index < -0.39 is 0 Å². The van der Waals surface area contributed by atoms with Crippen LogP contribution in [0.25, 0.3) is 11.3 Å². The highest BCUT2D eigenvalue weighted by Gasteiger charge is 2.14. The first-order chi connectivity index (χ1) is 10.8. The minimum Gasteiger partial charge on any atom is -0.486 e. The van der Waals surface area contributed by atoms with Crippen LogP contribution in [0.1, 0.15) is 24.2 Å². The molecule has 0 saturated carbocycles. The van der Waals surface area contributed by atoms with E-state index in [1.807, 2.05) is 54.7 Å². The van der Waals surface area contributed by atoms with E-state index in [9.17, 15) is 0 Å². The summed E-state index contributed by atoms with van der Waals surface area (Å²) in [5.41, 5.74) is 4.37.